The van der Waals surface area contributed by atoms with Crippen molar-refractivity contribution in [2.75, 3.05) is 26.4 Å². The second-order valence-electron chi connectivity index (χ2n) is 8.26. The molecule has 0 unspecified atom stereocenters. The molecular formula is C27H42N2O3. The van der Waals surface area contributed by atoms with E-state index in [0.29, 0.717) is 18.2 Å². The number of ether oxygens (including phenoxy) is 3. The predicted molar refractivity (Wildman–Crippen MR) is 131 cm³/mol. The largest absolute Gasteiger partial charge is 0.494 e. The van der Waals surface area contributed by atoms with Gasteiger partial charge in [0.25, 0.3) is 0 Å². The Labute approximate surface area is 194 Å². The number of rotatable bonds is 19. The zero-order valence-electron chi connectivity index (χ0n) is 20.2. The van der Waals surface area contributed by atoms with Gasteiger partial charge >= 0.3 is 0 Å². The summed E-state index contributed by atoms with van der Waals surface area (Å²) in [5.41, 5.74) is 0.976. The fourth-order valence-electron chi connectivity index (χ4n) is 3.41. The van der Waals surface area contributed by atoms with E-state index < -0.39 is 0 Å². The molecule has 0 bridgehead atoms. The number of aromatic nitrogens is 2. The van der Waals surface area contributed by atoms with E-state index in [9.17, 15) is 0 Å². The summed E-state index contributed by atoms with van der Waals surface area (Å²) >= 11 is 0. The topological polar surface area (TPSA) is 53.5 Å². The van der Waals surface area contributed by atoms with Crippen LogP contribution in [-0.4, -0.2) is 36.4 Å². The minimum absolute atomic E-state index is 0.656. The Bertz CT molecular complexity index is 689. The Morgan fingerprint density at radius 1 is 0.562 bits per heavy atom. The van der Waals surface area contributed by atoms with Gasteiger partial charge in [-0.1, -0.05) is 58.8 Å². The molecule has 0 aliphatic rings. The van der Waals surface area contributed by atoms with E-state index in [2.05, 4.69) is 23.8 Å². The zero-order valence-corrected chi connectivity index (χ0v) is 20.2. The first kappa shape index (κ1) is 26.1. The summed E-state index contributed by atoms with van der Waals surface area (Å²) in [4.78, 5) is 8.88. The molecule has 0 aliphatic carbocycles. The van der Waals surface area contributed by atoms with Gasteiger partial charge in [-0.25, -0.2) is 9.97 Å². The van der Waals surface area contributed by atoms with Crippen molar-refractivity contribution in [1.29, 1.82) is 0 Å². The molecule has 2 aromatic rings. The highest BCUT2D eigenvalue weighted by Crippen LogP contribution is 2.21. The molecule has 1 aromatic carbocycles. The van der Waals surface area contributed by atoms with Crippen molar-refractivity contribution < 1.29 is 14.2 Å². The highest BCUT2D eigenvalue weighted by molar-refractivity contribution is 5.56. The maximum atomic E-state index is 5.88. The minimum atomic E-state index is 0.656. The van der Waals surface area contributed by atoms with E-state index in [0.717, 1.165) is 56.8 Å². The van der Waals surface area contributed by atoms with Crippen LogP contribution in [0.5, 0.6) is 11.5 Å². The normalized spacial score (nSPS) is 10.9. The lowest BCUT2D eigenvalue weighted by atomic mass is 10.1. The lowest BCUT2D eigenvalue weighted by Gasteiger charge is -2.08. The van der Waals surface area contributed by atoms with Crippen LogP contribution in [0.4, 0.5) is 0 Å². The average molecular weight is 443 g/mol. The van der Waals surface area contributed by atoms with Gasteiger partial charge in [0.2, 0.25) is 0 Å². The van der Waals surface area contributed by atoms with Crippen molar-refractivity contribution >= 4 is 0 Å². The molecule has 0 fully saturated rings. The second kappa shape index (κ2) is 17.4. The Balaban J connectivity index is 1.60. The molecule has 0 spiro atoms. The van der Waals surface area contributed by atoms with Crippen LogP contribution < -0.4 is 9.47 Å². The SMILES string of the molecule is CCCCCCCCCCOc1ccc(-c2ncc(OCCCCOCCC)cn2)cc1. The van der Waals surface area contributed by atoms with Crippen molar-refractivity contribution in [3.8, 4) is 22.9 Å². The Morgan fingerprint density at radius 3 is 1.78 bits per heavy atom. The molecule has 0 N–H and O–H groups in total. The highest BCUT2D eigenvalue weighted by atomic mass is 16.5. The number of nitrogens with zero attached hydrogens (tertiary/aromatic N) is 2. The van der Waals surface area contributed by atoms with Gasteiger partial charge in [-0.15, -0.1) is 0 Å². The van der Waals surface area contributed by atoms with Gasteiger partial charge < -0.3 is 14.2 Å². The summed E-state index contributed by atoms with van der Waals surface area (Å²) in [5.74, 6) is 2.30. The third-order valence-corrected chi connectivity index (χ3v) is 5.31. The first-order valence-corrected chi connectivity index (χ1v) is 12.6. The summed E-state index contributed by atoms with van der Waals surface area (Å²) in [7, 11) is 0. The smallest absolute Gasteiger partial charge is 0.159 e. The van der Waals surface area contributed by atoms with E-state index in [-0.39, 0.29) is 0 Å². The number of hydrogen-bond donors (Lipinski definition) is 0. The zero-order chi connectivity index (χ0) is 22.7. The van der Waals surface area contributed by atoms with Gasteiger partial charge in [0.05, 0.1) is 25.6 Å². The lowest BCUT2D eigenvalue weighted by molar-refractivity contribution is 0.127. The van der Waals surface area contributed by atoms with Gasteiger partial charge in [-0.3, -0.25) is 0 Å². The van der Waals surface area contributed by atoms with Crippen molar-refractivity contribution in [2.24, 2.45) is 0 Å². The molecule has 0 saturated heterocycles. The van der Waals surface area contributed by atoms with Crippen LogP contribution in [0, 0.1) is 0 Å². The molecule has 5 nitrogen and oxygen atoms in total. The Morgan fingerprint density at radius 2 is 1.12 bits per heavy atom. The molecular weight excluding hydrogens is 400 g/mol. The minimum Gasteiger partial charge on any atom is -0.494 e. The van der Waals surface area contributed by atoms with E-state index in [1.54, 1.807) is 12.4 Å². The van der Waals surface area contributed by atoms with E-state index in [4.69, 9.17) is 14.2 Å². The second-order valence-corrected chi connectivity index (χ2v) is 8.26. The standard InChI is InChI=1S/C27H42N2O3/c1-3-5-6-7-8-9-10-11-20-31-25-16-14-24(15-17-25)27-28-22-26(23-29-27)32-21-13-12-19-30-18-4-2/h14-17,22-23H,3-13,18-21H2,1-2H3. The Hall–Kier alpha value is -2.14. The molecule has 0 aliphatic heterocycles. The number of hydrogen-bond acceptors (Lipinski definition) is 5. The first-order valence-electron chi connectivity index (χ1n) is 12.6. The van der Waals surface area contributed by atoms with Crippen LogP contribution in [0.2, 0.25) is 0 Å². The summed E-state index contributed by atoms with van der Waals surface area (Å²) in [6.07, 6.45) is 17.0. The molecule has 2 rings (SSSR count). The summed E-state index contributed by atoms with van der Waals surface area (Å²) in [5, 5.41) is 0. The van der Waals surface area contributed by atoms with Crippen LogP contribution >= 0.6 is 0 Å². The number of benzene rings is 1. The van der Waals surface area contributed by atoms with E-state index in [1.807, 2.05) is 24.3 Å². The quantitative estimate of drug-likeness (QED) is 0.214. The fourth-order valence-corrected chi connectivity index (χ4v) is 3.41. The third-order valence-electron chi connectivity index (χ3n) is 5.31. The van der Waals surface area contributed by atoms with Crippen molar-refractivity contribution in [3.63, 3.8) is 0 Å². The van der Waals surface area contributed by atoms with Gasteiger partial charge in [0, 0.05) is 18.8 Å². The monoisotopic (exact) mass is 442 g/mol. The first-order chi connectivity index (χ1) is 15.8. The van der Waals surface area contributed by atoms with E-state index in [1.165, 1.54) is 44.9 Å². The van der Waals surface area contributed by atoms with Crippen molar-refractivity contribution in [2.45, 2.75) is 84.5 Å². The van der Waals surface area contributed by atoms with Gasteiger partial charge in [-0.2, -0.15) is 0 Å². The predicted octanol–water partition coefficient (Wildman–Crippen LogP) is 7.25. The van der Waals surface area contributed by atoms with Gasteiger partial charge in [0.15, 0.2) is 11.6 Å². The summed E-state index contributed by atoms with van der Waals surface area (Å²) in [6.45, 7) is 7.45. The molecule has 5 heteroatoms. The van der Waals surface area contributed by atoms with Gasteiger partial charge in [-0.05, 0) is 49.9 Å². The molecule has 0 radical (unpaired) electrons. The highest BCUT2D eigenvalue weighted by Gasteiger charge is 2.03. The van der Waals surface area contributed by atoms with Crippen molar-refractivity contribution in [3.05, 3.63) is 36.7 Å². The Kier molecular flexibility index (Phi) is 14.2. The third kappa shape index (κ3) is 11.5. The van der Waals surface area contributed by atoms with Crippen molar-refractivity contribution in [1.82, 2.24) is 9.97 Å². The van der Waals surface area contributed by atoms with E-state index >= 15 is 0 Å². The molecule has 0 saturated carbocycles. The lowest BCUT2D eigenvalue weighted by Crippen LogP contribution is -2.02. The summed E-state index contributed by atoms with van der Waals surface area (Å²) < 4.78 is 17.1. The molecule has 1 aromatic heterocycles. The maximum absolute atomic E-state index is 5.88. The van der Waals surface area contributed by atoms with Crippen LogP contribution in [0.25, 0.3) is 11.4 Å². The van der Waals surface area contributed by atoms with Gasteiger partial charge in [0.1, 0.15) is 5.75 Å². The van der Waals surface area contributed by atoms with Crippen LogP contribution in [0.15, 0.2) is 36.7 Å². The number of unbranched alkanes of at least 4 members (excludes halogenated alkanes) is 8. The molecule has 178 valence electrons. The average Bonchev–Trinajstić information content (AvgIpc) is 2.83. The maximum Gasteiger partial charge on any atom is 0.159 e. The molecule has 0 atom stereocenters. The van der Waals surface area contributed by atoms with Crippen LogP contribution in [0.1, 0.15) is 84.5 Å². The summed E-state index contributed by atoms with van der Waals surface area (Å²) in [6, 6.07) is 8.01. The van der Waals surface area contributed by atoms with Crippen LogP contribution in [-0.2, 0) is 4.74 Å². The van der Waals surface area contributed by atoms with Crippen LogP contribution in [0.3, 0.4) is 0 Å². The molecule has 0 amide bonds. The fraction of sp³-hybridized carbons (Fsp3) is 0.630. The molecule has 1 heterocycles. The molecule has 32 heavy (non-hydrogen) atoms.